The van der Waals surface area contributed by atoms with Crippen LogP contribution < -0.4 is 4.72 Å². The number of carboxylic acids is 1. The van der Waals surface area contributed by atoms with Gasteiger partial charge in [-0.15, -0.1) is 12.3 Å². The molecule has 0 radical (unpaired) electrons. The molecule has 1 aromatic rings. The molecule has 0 aliphatic rings. The van der Waals surface area contributed by atoms with Crippen LogP contribution in [0, 0.1) is 12.3 Å². The smallest absolute Gasteiger partial charge is 0.337 e. The number of nitrogens with one attached hydrogen (secondary N) is 1. The van der Waals surface area contributed by atoms with Gasteiger partial charge in [-0.25, -0.2) is 17.9 Å². The zero-order valence-electron chi connectivity index (χ0n) is 9.89. The fourth-order valence-corrected chi connectivity index (χ4v) is 2.61. The number of hydrogen-bond acceptors (Lipinski definition) is 3. The van der Waals surface area contributed by atoms with Crippen LogP contribution in [0.1, 0.15) is 23.2 Å². The van der Waals surface area contributed by atoms with Gasteiger partial charge in [0.25, 0.3) is 0 Å². The van der Waals surface area contributed by atoms with Gasteiger partial charge < -0.3 is 5.11 Å². The largest absolute Gasteiger partial charge is 0.478 e. The summed E-state index contributed by atoms with van der Waals surface area (Å²) < 4.78 is 26.1. The van der Waals surface area contributed by atoms with E-state index >= 15 is 0 Å². The summed E-state index contributed by atoms with van der Waals surface area (Å²) in [6, 6.07) is 3.51. The number of hydrogen-bond donors (Lipinski definition) is 2. The topological polar surface area (TPSA) is 83.5 Å². The molecule has 0 amide bonds. The highest BCUT2D eigenvalue weighted by molar-refractivity contribution is 7.89. The van der Waals surface area contributed by atoms with Gasteiger partial charge in [0.05, 0.1) is 15.5 Å². The highest BCUT2D eigenvalue weighted by Gasteiger charge is 2.17. The third-order valence-electron chi connectivity index (χ3n) is 2.27. The molecule has 0 aromatic heterocycles. The van der Waals surface area contributed by atoms with Crippen LogP contribution >= 0.6 is 11.6 Å². The summed E-state index contributed by atoms with van der Waals surface area (Å²) in [6.45, 7) is 0.192. The fourth-order valence-electron chi connectivity index (χ4n) is 1.32. The summed E-state index contributed by atoms with van der Waals surface area (Å²) >= 11 is 5.67. The molecular weight excluding hydrogens is 290 g/mol. The van der Waals surface area contributed by atoms with Gasteiger partial charge >= 0.3 is 5.97 Å². The Kier molecular flexibility index (Phi) is 5.36. The lowest BCUT2D eigenvalue weighted by Crippen LogP contribution is -2.25. The Bertz CT molecular complexity index is 619. The number of terminal acetylenes is 1. The molecule has 2 N–H and O–H groups in total. The van der Waals surface area contributed by atoms with Crippen molar-refractivity contribution in [1.29, 1.82) is 0 Å². The van der Waals surface area contributed by atoms with Crippen molar-refractivity contribution in [3.63, 3.8) is 0 Å². The molecule has 0 heterocycles. The van der Waals surface area contributed by atoms with Crippen LogP contribution in [0.15, 0.2) is 23.1 Å². The van der Waals surface area contributed by atoms with E-state index in [9.17, 15) is 13.2 Å². The van der Waals surface area contributed by atoms with Crippen LogP contribution in [-0.2, 0) is 10.0 Å². The molecule has 1 aromatic carbocycles. The maximum absolute atomic E-state index is 11.9. The second-order valence-electron chi connectivity index (χ2n) is 3.65. The minimum absolute atomic E-state index is 0.0150. The molecule has 0 unspecified atom stereocenters. The second kappa shape index (κ2) is 6.57. The maximum atomic E-state index is 11.9. The third kappa shape index (κ3) is 4.24. The van der Waals surface area contributed by atoms with E-state index in [1.54, 1.807) is 0 Å². The molecule has 19 heavy (non-hydrogen) atoms. The van der Waals surface area contributed by atoms with Crippen molar-refractivity contribution in [2.45, 2.75) is 17.7 Å². The number of carbonyl (C=O) groups is 1. The van der Waals surface area contributed by atoms with Gasteiger partial charge in [0.1, 0.15) is 0 Å². The second-order valence-corrected chi connectivity index (χ2v) is 5.83. The van der Waals surface area contributed by atoms with Crippen LogP contribution in [0.25, 0.3) is 0 Å². The van der Waals surface area contributed by atoms with Crippen molar-refractivity contribution in [3.05, 3.63) is 28.8 Å². The summed E-state index contributed by atoms with van der Waals surface area (Å²) in [6.07, 6.45) is 6.02. The predicted molar refractivity (Wildman–Crippen MR) is 71.7 cm³/mol. The standard InChI is InChI=1S/C12H12ClNO4S/c1-2-3-4-7-14-19(17,18)9-5-6-11(13)10(8-9)12(15)16/h1,5-6,8,14H,3-4,7H2,(H,15,16). The van der Waals surface area contributed by atoms with E-state index < -0.39 is 16.0 Å². The van der Waals surface area contributed by atoms with Gasteiger partial charge in [-0.2, -0.15) is 0 Å². The summed E-state index contributed by atoms with van der Waals surface area (Å²) in [7, 11) is -3.75. The average molecular weight is 302 g/mol. The summed E-state index contributed by atoms with van der Waals surface area (Å²) in [5.74, 6) is 1.11. The van der Waals surface area contributed by atoms with E-state index in [1.807, 2.05) is 0 Å². The lowest BCUT2D eigenvalue weighted by atomic mass is 10.2. The molecule has 0 saturated heterocycles. The minimum Gasteiger partial charge on any atom is -0.478 e. The van der Waals surface area contributed by atoms with Gasteiger partial charge in [-0.3, -0.25) is 0 Å². The van der Waals surface area contributed by atoms with E-state index in [0.717, 1.165) is 6.07 Å². The number of benzene rings is 1. The van der Waals surface area contributed by atoms with Crippen molar-refractivity contribution in [2.75, 3.05) is 6.54 Å². The van der Waals surface area contributed by atoms with E-state index in [1.165, 1.54) is 12.1 Å². The van der Waals surface area contributed by atoms with E-state index in [0.29, 0.717) is 12.8 Å². The van der Waals surface area contributed by atoms with Crippen LogP contribution in [0.5, 0.6) is 0 Å². The Morgan fingerprint density at radius 2 is 2.16 bits per heavy atom. The lowest BCUT2D eigenvalue weighted by Gasteiger charge is -2.07. The van der Waals surface area contributed by atoms with Crippen molar-refractivity contribution in [1.82, 2.24) is 4.72 Å². The summed E-state index contributed by atoms with van der Waals surface area (Å²) in [5.41, 5.74) is -0.256. The lowest BCUT2D eigenvalue weighted by molar-refractivity contribution is 0.0697. The quantitative estimate of drug-likeness (QED) is 0.619. The molecule has 0 spiro atoms. The van der Waals surface area contributed by atoms with Crippen molar-refractivity contribution in [2.24, 2.45) is 0 Å². The molecule has 0 atom stereocenters. The Morgan fingerprint density at radius 1 is 1.47 bits per heavy atom. The van der Waals surface area contributed by atoms with Crippen LogP contribution in [0.2, 0.25) is 5.02 Å². The molecule has 102 valence electrons. The Morgan fingerprint density at radius 3 is 2.74 bits per heavy atom. The molecule has 0 saturated carbocycles. The normalized spacial score (nSPS) is 10.9. The Balaban J connectivity index is 2.93. The van der Waals surface area contributed by atoms with Crippen LogP contribution in [0.4, 0.5) is 0 Å². The molecule has 5 nitrogen and oxygen atoms in total. The number of rotatable bonds is 6. The average Bonchev–Trinajstić information content (AvgIpc) is 2.34. The van der Waals surface area contributed by atoms with E-state index in [4.69, 9.17) is 23.1 Å². The number of unbranched alkanes of at least 4 members (excludes halogenated alkanes) is 1. The van der Waals surface area contributed by atoms with Gasteiger partial charge in [0, 0.05) is 13.0 Å². The third-order valence-corrected chi connectivity index (χ3v) is 4.06. The fraction of sp³-hybridized carbons (Fsp3) is 0.250. The highest BCUT2D eigenvalue weighted by Crippen LogP contribution is 2.20. The first-order chi connectivity index (χ1) is 8.88. The first-order valence-electron chi connectivity index (χ1n) is 5.34. The van der Waals surface area contributed by atoms with Crippen molar-refractivity contribution in [3.8, 4) is 12.3 Å². The zero-order chi connectivity index (χ0) is 14.5. The number of carboxylic acid groups (broad SMARTS) is 1. The van der Waals surface area contributed by atoms with Gasteiger partial charge in [0.15, 0.2) is 0 Å². The molecule has 0 aliphatic carbocycles. The van der Waals surface area contributed by atoms with Crippen LogP contribution in [-0.4, -0.2) is 26.0 Å². The number of halogens is 1. The zero-order valence-corrected chi connectivity index (χ0v) is 11.5. The van der Waals surface area contributed by atoms with Crippen molar-refractivity contribution < 1.29 is 18.3 Å². The summed E-state index contributed by atoms with van der Waals surface area (Å²) in [4.78, 5) is 10.7. The Hall–Kier alpha value is -1.55. The minimum atomic E-state index is -3.75. The van der Waals surface area contributed by atoms with Gasteiger partial charge in [-0.1, -0.05) is 11.6 Å². The van der Waals surface area contributed by atoms with Gasteiger partial charge in [-0.05, 0) is 24.6 Å². The maximum Gasteiger partial charge on any atom is 0.337 e. The number of sulfonamides is 1. The molecule has 0 bridgehead atoms. The molecule has 7 heteroatoms. The van der Waals surface area contributed by atoms with Crippen LogP contribution in [0.3, 0.4) is 0 Å². The summed E-state index contributed by atoms with van der Waals surface area (Å²) in [5, 5.41) is 8.87. The highest BCUT2D eigenvalue weighted by atomic mass is 35.5. The van der Waals surface area contributed by atoms with Crippen molar-refractivity contribution >= 4 is 27.6 Å². The monoisotopic (exact) mass is 301 g/mol. The molecular formula is C12H12ClNO4S. The first-order valence-corrected chi connectivity index (χ1v) is 7.20. The molecule has 0 aliphatic heterocycles. The molecule has 0 fully saturated rings. The van der Waals surface area contributed by atoms with E-state index in [2.05, 4.69) is 10.6 Å². The number of aromatic carboxylic acids is 1. The molecule has 1 rings (SSSR count). The SMILES string of the molecule is C#CCCCNS(=O)(=O)c1ccc(Cl)c(C(=O)O)c1. The first kappa shape index (κ1) is 15.5. The van der Waals surface area contributed by atoms with Gasteiger partial charge in [0.2, 0.25) is 10.0 Å². The predicted octanol–water partition coefficient (Wildman–Crippen LogP) is 1.73. The Labute approximate surface area is 116 Å². The van der Waals surface area contributed by atoms with E-state index in [-0.39, 0.29) is 22.0 Å².